The van der Waals surface area contributed by atoms with Crippen LogP contribution in [-0.2, 0) is 0 Å². The second kappa shape index (κ2) is 4.35. The lowest BCUT2D eigenvalue weighted by atomic mass is 10.2. The van der Waals surface area contributed by atoms with Crippen LogP contribution in [0.3, 0.4) is 0 Å². The van der Waals surface area contributed by atoms with Crippen LogP contribution in [0.1, 0.15) is 19.5 Å². The molecule has 2 rings (SSSR count). The van der Waals surface area contributed by atoms with Crippen molar-refractivity contribution in [2.75, 3.05) is 0 Å². The first-order valence-corrected chi connectivity index (χ1v) is 6.49. The van der Waals surface area contributed by atoms with Gasteiger partial charge in [-0.05, 0) is 55.3 Å². The zero-order valence-corrected chi connectivity index (χ0v) is 12.2. The number of halogens is 1. The van der Waals surface area contributed by atoms with Gasteiger partial charge >= 0.3 is 0 Å². The van der Waals surface area contributed by atoms with Gasteiger partial charge in [-0.2, -0.15) is 0 Å². The van der Waals surface area contributed by atoms with Gasteiger partial charge < -0.3 is 5.11 Å². The summed E-state index contributed by atoms with van der Waals surface area (Å²) in [5, 5.41) is 10.9. The summed E-state index contributed by atoms with van der Waals surface area (Å²) in [6, 6.07) is 11.2. The van der Waals surface area contributed by atoms with Crippen molar-refractivity contribution in [2.24, 2.45) is 0 Å². The highest BCUT2D eigenvalue weighted by molar-refractivity contribution is 14.1. The first-order chi connectivity index (χ1) is 7.90. The summed E-state index contributed by atoms with van der Waals surface area (Å²) in [5.41, 5.74) is 1.23. The van der Waals surface area contributed by atoms with Gasteiger partial charge in [-0.3, -0.25) is 4.57 Å². The normalized spacial score (nSPS) is 11.4. The van der Waals surface area contributed by atoms with Crippen molar-refractivity contribution in [3.8, 4) is 12.0 Å². The predicted molar refractivity (Wildman–Crippen MR) is 78.9 cm³/mol. The highest BCUT2D eigenvalue weighted by atomic mass is 127. The summed E-state index contributed by atoms with van der Waals surface area (Å²) in [4.78, 5) is 0. The fourth-order valence-electron chi connectivity index (χ4n) is 1.66. The van der Waals surface area contributed by atoms with Gasteiger partial charge in [-0.1, -0.05) is 18.2 Å². The van der Waals surface area contributed by atoms with Crippen molar-refractivity contribution in [2.45, 2.75) is 26.4 Å². The molecular weight excluding hydrogens is 325 g/mol. The molecule has 1 aromatic heterocycles. The molecule has 0 aliphatic carbocycles. The zero-order valence-electron chi connectivity index (χ0n) is 10.1. The van der Waals surface area contributed by atoms with Crippen molar-refractivity contribution >= 4 is 33.5 Å². The van der Waals surface area contributed by atoms with Crippen LogP contribution in [0.5, 0.6) is 0 Å². The molecule has 2 aromatic rings. The van der Waals surface area contributed by atoms with E-state index in [2.05, 4.69) is 40.6 Å². The smallest absolute Gasteiger partial charge is 0.121 e. The number of nitrogens with zero attached hydrogens (tertiary/aromatic N) is 1. The Bertz CT molecular complexity index is 623. The van der Waals surface area contributed by atoms with E-state index in [1.807, 2.05) is 29.7 Å². The van der Waals surface area contributed by atoms with Crippen molar-refractivity contribution in [1.82, 2.24) is 4.57 Å². The Kier molecular flexibility index (Phi) is 3.19. The minimum Gasteiger partial charge on any atom is -0.378 e. The van der Waals surface area contributed by atoms with E-state index in [0.29, 0.717) is 0 Å². The van der Waals surface area contributed by atoms with Gasteiger partial charge in [0.2, 0.25) is 0 Å². The number of hydrogen-bond donors (Lipinski definition) is 1. The maximum atomic E-state index is 9.66. The summed E-state index contributed by atoms with van der Waals surface area (Å²) >= 11 is 2.33. The van der Waals surface area contributed by atoms with E-state index in [1.54, 1.807) is 13.8 Å². The maximum absolute atomic E-state index is 9.66. The number of para-hydroxylation sites is 1. The van der Waals surface area contributed by atoms with Crippen molar-refractivity contribution < 1.29 is 5.11 Å². The number of aromatic nitrogens is 1. The van der Waals surface area contributed by atoms with Crippen LogP contribution >= 0.6 is 22.6 Å². The van der Waals surface area contributed by atoms with Crippen molar-refractivity contribution in [3.05, 3.63) is 33.5 Å². The Morgan fingerprint density at radius 3 is 2.59 bits per heavy atom. The Morgan fingerprint density at radius 1 is 1.29 bits per heavy atom. The molecule has 1 heterocycles. The SMILES string of the molecule is Cc1c(I)c2ccccc2n1C#CC(C)(C)O. The number of benzene rings is 1. The molecule has 0 spiro atoms. The molecular formula is C14H14INO. The lowest BCUT2D eigenvalue weighted by Crippen LogP contribution is -2.15. The molecule has 1 N–H and O–H groups in total. The van der Waals surface area contributed by atoms with Gasteiger partial charge in [0, 0.05) is 20.7 Å². The second-order valence-electron chi connectivity index (χ2n) is 4.55. The topological polar surface area (TPSA) is 25.2 Å². The van der Waals surface area contributed by atoms with Gasteiger partial charge in [0.1, 0.15) is 5.60 Å². The highest BCUT2D eigenvalue weighted by Gasteiger charge is 2.11. The third kappa shape index (κ3) is 2.48. The first kappa shape index (κ1) is 12.5. The molecule has 3 heteroatoms. The molecule has 88 valence electrons. The van der Waals surface area contributed by atoms with Gasteiger partial charge in [-0.25, -0.2) is 0 Å². The summed E-state index contributed by atoms with van der Waals surface area (Å²) in [6.07, 6.45) is 0. The summed E-state index contributed by atoms with van der Waals surface area (Å²) in [7, 11) is 0. The quantitative estimate of drug-likeness (QED) is 0.579. The van der Waals surface area contributed by atoms with E-state index >= 15 is 0 Å². The Morgan fingerprint density at radius 2 is 1.94 bits per heavy atom. The molecule has 2 nitrogen and oxygen atoms in total. The molecule has 0 amide bonds. The van der Waals surface area contributed by atoms with E-state index in [1.165, 1.54) is 8.96 Å². The van der Waals surface area contributed by atoms with E-state index in [9.17, 15) is 5.11 Å². The summed E-state index contributed by atoms with van der Waals surface area (Å²) in [6.45, 7) is 5.42. The van der Waals surface area contributed by atoms with Gasteiger partial charge in [0.05, 0.1) is 5.52 Å². The van der Waals surface area contributed by atoms with Crippen molar-refractivity contribution in [1.29, 1.82) is 0 Å². The molecule has 1 aromatic carbocycles. The summed E-state index contributed by atoms with van der Waals surface area (Å²) < 4.78 is 3.15. The molecule has 0 bridgehead atoms. The summed E-state index contributed by atoms with van der Waals surface area (Å²) in [5.74, 6) is 2.85. The number of rotatable bonds is 0. The van der Waals surface area contributed by atoms with E-state index < -0.39 is 5.60 Å². The zero-order chi connectivity index (χ0) is 12.6. The molecule has 0 saturated carbocycles. The van der Waals surface area contributed by atoms with Crippen LogP contribution in [0.2, 0.25) is 0 Å². The molecule has 0 atom stereocenters. The molecule has 0 fully saturated rings. The number of aliphatic hydroxyl groups is 1. The average molecular weight is 339 g/mol. The maximum Gasteiger partial charge on any atom is 0.121 e. The van der Waals surface area contributed by atoms with E-state index in [0.717, 1.165) is 11.2 Å². The van der Waals surface area contributed by atoms with Crippen LogP contribution in [0, 0.1) is 22.5 Å². The lowest BCUT2D eigenvalue weighted by Gasteiger charge is -2.06. The van der Waals surface area contributed by atoms with Crippen LogP contribution in [0.4, 0.5) is 0 Å². The van der Waals surface area contributed by atoms with Crippen LogP contribution in [0.25, 0.3) is 10.9 Å². The average Bonchev–Trinajstić information content (AvgIpc) is 2.49. The highest BCUT2D eigenvalue weighted by Crippen LogP contribution is 2.26. The van der Waals surface area contributed by atoms with E-state index in [4.69, 9.17) is 0 Å². The number of fused-ring (bicyclic) bond motifs is 1. The Labute approximate surface area is 115 Å². The third-order valence-electron chi connectivity index (χ3n) is 2.51. The Hall–Kier alpha value is -0.990. The van der Waals surface area contributed by atoms with Gasteiger partial charge in [-0.15, -0.1) is 0 Å². The van der Waals surface area contributed by atoms with Gasteiger partial charge in [0.25, 0.3) is 0 Å². The standard InChI is InChI=1S/C14H14INO/c1-10-13(15)11-6-4-5-7-12(11)16(10)9-8-14(2,3)17/h4-7,17H,1-3H3. The molecule has 0 unspecified atom stereocenters. The van der Waals surface area contributed by atoms with Crippen LogP contribution in [-0.4, -0.2) is 15.3 Å². The fraction of sp³-hybridized carbons (Fsp3) is 0.286. The fourth-order valence-corrected chi connectivity index (χ4v) is 2.36. The third-order valence-corrected chi connectivity index (χ3v) is 3.87. The predicted octanol–water partition coefficient (Wildman–Crippen LogP) is 3.13. The van der Waals surface area contributed by atoms with Crippen LogP contribution in [0.15, 0.2) is 24.3 Å². The minimum atomic E-state index is -0.969. The molecule has 0 aliphatic heterocycles. The monoisotopic (exact) mass is 339 g/mol. The molecule has 17 heavy (non-hydrogen) atoms. The molecule has 0 radical (unpaired) electrons. The second-order valence-corrected chi connectivity index (χ2v) is 5.63. The molecule has 0 saturated heterocycles. The minimum absolute atomic E-state index is 0.969. The first-order valence-electron chi connectivity index (χ1n) is 5.41. The van der Waals surface area contributed by atoms with E-state index in [-0.39, 0.29) is 0 Å². The Balaban J connectivity index is 2.69. The van der Waals surface area contributed by atoms with Crippen molar-refractivity contribution in [3.63, 3.8) is 0 Å². The lowest BCUT2D eigenvalue weighted by molar-refractivity contribution is 0.143. The molecule has 0 aliphatic rings. The van der Waals surface area contributed by atoms with Crippen LogP contribution < -0.4 is 0 Å². The van der Waals surface area contributed by atoms with Gasteiger partial charge in [0.15, 0.2) is 0 Å². The number of hydrogen-bond acceptors (Lipinski definition) is 1. The largest absolute Gasteiger partial charge is 0.378 e.